The predicted molar refractivity (Wildman–Crippen MR) is 158 cm³/mol. The molecule has 0 radical (unpaired) electrons. The number of hydrogen-bond donors (Lipinski definition) is 2. The number of carboxylic acid groups (broad SMARTS) is 2. The molecule has 1 aliphatic carbocycles. The van der Waals surface area contributed by atoms with Crippen LogP contribution in [0.4, 0.5) is 11.4 Å². The molecule has 0 aromatic heterocycles. The van der Waals surface area contributed by atoms with Gasteiger partial charge in [0.2, 0.25) is 5.69 Å². The topological polar surface area (TPSA) is 144 Å². The number of allylic oxidation sites excluding steroid dienone is 7. The number of carbonyl (C=O) groups is 3. The van der Waals surface area contributed by atoms with Crippen molar-refractivity contribution in [3.8, 4) is 6.07 Å². The summed E-state index contributed by atoms with van der Waals surface area (Å²) < 4.78 is 1.89. The molecule has 3 aliphatic rings. The van der Waals surface area contributed by atoms with Crippen molar-refractivity contribution in [2.24, 2.45) is 0 Å². The van der Waals surface area contributed by atoms with Gasteiger partial charge in [0, 0.05) is 58.3 Å². The van der Waals surface area contributed by atoms with E-state index >= 15 is 0 Å². The van der Waals surface area contributed by atoms with Crippen molar-refractivity contribution in [1.82, 2.24) is 0 Å². The van der Waals surface area contributed by atoms with Crippen LogP contribution in [0.15, 0.2) is 76.5 Å². The van der Waals surface area contributed by atoms with Crippen LogP contribution >= 0.6 is 0 Å². The summed E-state index contributed by atoms with van der Waals surface area (Å²) in [6.45, 7) is 7.72. The third-order valence-electron chi connectivity index (χ3n) is 8.62. The Morgan fingerprint density at radius 2 is 1.57 bits per heavy atom. The molecule has 0 unspecified atom stereocenters. The van der Waals surface area contributed by atoms with Gasteiger partial charge in [-0.3, -0.25) is 4.79 Å². The molecule has 2 aromatic rings. The number of carboxylic acids is 2. The summed E-state index contributed by atoms with van der Waals surface area (Å²) in [4.78, 5) is 38.9. The molecule has 2 aliphatic heterocycles. The van der Waals surface area contributed by atoms with Gasteiger partial charge in [-0.15, -0.1) is 0 Å². The van der Waals surface area contributed by atoms with Crippen LogP contribution in [0, 0.1) is 11.3 Å². The summed E-state index contributed by atoms with van der Waals surface area (Å²) >= 11 is 0. The van der Waals surface area contributed by atoms with E-state index in [0.29, 0.717) is 0 Å². The summed E-state index contributed by atoms with van der Waals surface area (Å²) in [5, 5.41) is 38.7. The van der Waals surface area contributed by atoms with Gasteiger partial charge < -0.3 is 20.5 Å². The largest absolute Gasteiger partial charge is 0.762 e. The van der Waals surface area contributed by atoms with E-state index in [1.807, 2.05) is 63.2 Å². The number of rotatable bonds is 5. The Morgan fingerprint density at radius 3 is 2.14 bits per heavy atom. The predicted octanol–water partition coefficient (Wildman–Crippen LogP) is 4.90. The fraction of sp³-hybridized carbons (Fsp3) is 0.242. The fourth-order valence-electron chi connectivity index (χ4n) is 6.26. The van der Waals surface area contributed by atoms with E-state index in [4.69, 9.17) is 0 Å². The van der Waals surface area contributed by atoms with Gasteiger partial charge in [0.15, 0.2) is 11.5 Å². The Kier molecular flexibility index (Phi) is 6.29. The number of anilines is 1. The molecule has 0 spiro atoms. The van der Waals surface area contributed by atoms with Crippen LogP contribution in [-0.2, 0) is 15.6 Å². The fourth-order valence-corrected chi connectivity index (χ4v) is 6.26. The van der Waals surface area contributed by atoms with E-state index in [0.717, 1.165) is 33.9 Å². The minimum absolute atomic E-state index is 0.155. The third kappa shape index (κ3) is 3.88. The van der Waals surface area contributed by atoms with Crippen molar-refractivity contribution in [3.63, 3.8) is 0 Å². The summed E-state index contributed by atoms with van der Waals surface area (Å²) in [5.74, 6) is -0.474. The van der Waals surface area contributed by atoms with Crippen molar-refractivity contribution in [2.45, 2.75) is 38.5 Å². The van der Waals surface area contributed by atoms with Crippen LogP contribution in [0.2, 0.25) is 0 Å². The molecule has 5 rings (SSSR count). The summed E-state index contributed by atoms with van der Waals surface area (Å²) in [6, 6.07) is 11.7. The van der Waals surface area contributed by atoms with E-state index in [1.54, 1.807) is 36.4 Å². The number of fused-ring (bicyclic) bond motifs is 2. The maximum Gasteiger partial charge on any atom is 0.335 e. The average Bonchev–Trinajstić information content (AvgIpc) is 3.26. The lowest BCUT2D eigenvalue weighted by Gasteiger charge is -2.29. The second kappa shape index (κ2) is 9.37. The molecule has 0 atom stereocenters. The first kappa shape index (κ1) is 28.2. The third-order valence-corrected chi connectivity index (χ3v) is 8.62. The zero-order valence-corrected chi connectivity index (χ0v) is 24.0. The molecule has 0 saturated carbocycles. The van der Waals surface area contributed by atoms with E-state index in [9.17, 15) is 35.3 Å². The van der Waals surface area contributed by atoms with Crippen molar-refractivity contribution in [1.29, 1.82) is 5.26 Å². The van der Waals surface area contributed by atoms with Gasteiger partial charge in [0.25, 0.3) is 0 Å². The second-order valence-corrected chi connectivity index (χ2v) is 11.6. The van der Waals surface area contributed by atoms with Crippen molar-refractivity contribution >= 4 is 40.7 Å². The van der Waals surface area contributed by atoms with Crippen LogP contribution in [0.5, 0.6) is 0 Å². The van der Waals surface area contributed by atoms with Crippen LogP contribution in [0.25, 0.3) is 5.41 Å². The zero-order valence-electron chi connectivity index (χ0n) is 24.0. The average molecular weight is 561 g/mol. The summed E-state index contributed by atoms with van der Waals surface area (Å²) in [6.07, 6.45) is 3.37. The molecule has 0 fully saturated rings. The Bertz CT molecular complexity index is 1890. The molecular formula is C33H28N4O5. The van der Waals surface area contributed by atoms with Gasteiger partial charge in [-0.2, -0.15) is 9.84 Å². The first-order chi connectivity index (χ1) is 19.7. The monoisotopic (exact) mass is 560 g/mol. The Morgan fingerprint density at radius 1 is 0.976 bits per heavy atom. The number of nitriles is 1. The maximum atomic E-state index is 13.7. The second-order valence-electron chi connectivity index (χ2n) is 11.6. The van der Waals surface area contributed by atoms with E-state index in [2.05, 4.69) is 0 Å². The smallest absolute Gasteiger partial charge is 0.335 e. The zero-order chi connectivity index (χ0) is 30.9. The number of benzene rings is 2. The number of likely N-dealkylation sites (N-methyl/N-ethyl adjacent to an activating group) is 1. The van der Waals surface area contributed by atoms with E-state index < -0.39 is 22.8 Å². The molecule has 9 nitrogen and oxygen atoms in total. The van der Waals surface area contributed by atoms with E-state index in [1.165, 1.54) is 12.1 Å². The Hall–Kier alpha value is -5.32. The van der Waals surface area contributed by atoms with Crippen LogP contribution in [0.1, 0.15) is 59.5 Å². The van der Waals surface area contributed by atoms with Crippen molar-refractivity contribution in [2.75, 3.05) is 19.0 Å². The van der Waals surface area contributed by atoms with Crippen LogP contribution in [-0.4, -0.2) is 58.2 Å². The molecular weight excluding hydrogens is 532 g/mol. The molecule has 2 aromatic carbocycles. The van der Waals surface area contributed by atoms with Gasteiger partial charge >= 0.3 is 11.9 Å². The number of ketones is 1. The minimum Gasteiger partial charge on any atom is -0.762 e. The van der Waals surface area contributed by atoms with Gasteiger partial charge in [-0.05, 0) is 55.8 Å². The lowest BCUT2D eigenvalue weighted by Crippen LogP contribution is -2.31. The molecule has 2 N–H and O–H groups in total. The highest BCUT2D eigenvalue weighted by molar-refractivity contribution is 6.27. The normalized spacial score (nSPS) is 19.8. The lowest BCUT2D eigenvalue weighted by molar-refractivity contribution is -0.401. The molecule has 0 bridgehead atoms. The highest BCUT2D eigenvalue weighted by Gasteiger charge is 2.47. The Balaban J connectivity index is 1.66. The van der Waals surface area contributed by atoms with Gasteiger partial charge in [0.1, 0.15) is 13.1 Å². The lowest BCUT2D eigenvalue weighted by atomic mass is 9.73. The van der Waals surface area contributed by atoms with Gasteiger partial charge in [0.05, 0.1) is 22.1 Å². The van der Waals surface area contributed by atoms with E-state index in [-0.39, 0.29) is 39.2 Å². The first-order valence-electron chi connectivity index (χ1n) is 13.2. The summed E-state index contributed by atoms with van der Waals surface area (Å²) in [7, 11) is 3.65. The quantitative estimate of drug-likeness (QED) is 0.229. The highest BCUT2D eigenvalue weighted by atomic mass is 16.4. The molecule has 210 valence electrons. The van der Waals surface area contributed by atoms with Crippen LogP contribution < -0.4 is 4.90 Å². The molecule has 0 amide bonds. The van der Waals surface area contributed by atoms with Crippen molar-refractivity contribution in [3.05, 3.63) is 104 Å². The SMILES string of the molecule is CN1C(=CC2=C(C(=C=[N-])C#N)C(=CC3=[N+](C)c4ccc(C(=O)O)cc4C3(C)C)C2=O)C(C)(C)c2cc(C(=O)O)ccc21. The van der Waals surface area contributed by atoms with Crippen LogP contribution in [0.3, 0.4) is 0 Å². The maximum absolute atomic E-state index is 13.7. The minimum atomic E-state index is -1.04. The summed E-state index contributed by atoms with van der Waals surface area (Å²) in [5.41, 5.74) is 4.10. The molecule has 42 heavy (non-hydrogen) atoms. The standard InChI is InChI=1S/C33H28N4O5/c1-32(2)22-11-17(30(39)40)7-9-24(22)36(5)26(32)13-20-28(19(15-34)16-35)21(29(20)38)14-27-33(3,4)23-12-18(31(41)42)8-10-25(23)37(27)6/h7-14H,1-6H3,(H,39,40)(H,41,42). The Labute approximate surface area is 242 Å². The number of aromatic carboxylic acids is 2. The van der Waals surface area contributed by atoms with Crippen molar-refractivity contribution < 1.29 is 29.2 Å². The van der Waals surface area contributed by atoms with Gasteiger partial charge in [-0.1, -0.05) is 13.8 Å². The number of hydrogen-bond acceptors (Lipinski definition) is 5. The van der Waals surface area contributed by atoms with Gasteiger partial charge in [-0.25, -0.2) is 15.5 Å². The number of carbonyl (C=O) groups excluding carboxylic acids is 1. The molecule has 2 heterocycles. The first-order valence-corrected chi connectivity index (χ1v) is 13.2. The number of Topliss-reactive ketones (excluding diaryl/α,β-unsaturated/α-hetero) is 1. The molecule has 0 saturated heterocycles. The molecule has 9 heteroatoms. The number of nitrogens with zero attached hydrogens (tertiary/aromatic N) is 4. The highest BCUT2D eigenvalue weighted by Crippen LogP contribution is 2.49.